The first-order valence-electron chi connectivity index (χ1n) is 8.68. The Morgan fingerprint density at radius 2 is 1.79 bits per heavy atom. The predicted molar refractivity (Wildman–Crippen MR) is 99.5 cm³/mol. The van der Waals surface area contributed by atoms with Gasteiger partial charge in [-0.1, -0.05) is 18.2 Å². The van der Waals surface area contributed by atoms with Crippen LogP contribution in [0.25, 0.3) is 16.6 Å². The Bertz CT molecular complexity index is 1120. The van der Waals surface area contributed by atoms with Crippen molar-refractivity contribution in [3.8, 4) is 5.69 Å². The summed E-state index contributed by atoms with van der Waals surface area (Å²) in [6, 6.07) is 9.35. The van der Waals surface area contributed by atoms with Gasteiger partial charge in [0.25, 0.3) is 0 Å². The lowest BCUT2D eigenvalue weighted by Crippen LogP contribution is -2.37. The summed E-state index contributed by atoms with van der Waals surface area (Å²) in [6.45, 7) is 1.28. The van der Waals surface area contributed by atoms with Gasteiger partial charge in [0.05, 0.1) is 24.1 Å². The van der Waals surface area contributed by atoms with E-state index < -0.39 is 28.6 Å². The average molecular weight is 386 g/mol. The van der Waals surface area contributed by atoms with Crippen LogP contribution in [0.4, 0.5) is 14.5 Å². The number of carboxylic acids is 1. The minimum atomic E-state index is -1.46. The molecule has 0 radical (unpaired) electrons. The summed E-state index contributed by atoms with van der Waals surface area (Å²) >= 11 is 0. The zero-order chi connectivity index (χ0) is 19.8. The molecular formula is C20H16F2N2O4. The van der Waals surface area contributed by atoms with Gasteiger partial charge < -0.3 is 19.3 Å². The fourth-order valence-electron chi connectivity index (χ4n) is 3.43. The molecule has 3 aromatic rings. The molecule has 6 nitrogen and oxygen atoms in total. The number of aromatic nitrogens is 1. The van der Waals surface area contributed by atoms with Crippen LogP contribution in [0.15, 0.2) is 47.4 Å². The highest BCUT2D eigenvalue weighted by Crippen LogP contribution is 2.31. The summed E-state index contributed by atoms with van der Waals surface area (Å²) in [6.07, 6.45) is 1.08. The molecule has 0 atom stereocenters. The van der Waals surface area contributed by atoms with E-state index >= 15 is 4.39 Å². The molecule has 0 saturated carbocycles. The second-order valence-corrected chi connectivity index (χ2v) is 6.40. The van der Waals surface area contributed by atoms with E-state index in [2.05, 4.69) is 0 Å². The highest BCUT2D eigenvalue weighted by atomic mass is 19.1. The van der Waals surface area contributed by atoms with Gasteiger partial charge in [-0.15, -0.1) is 0 Å². The molecule has 1 aromatic heterocycles. The number of hydrogen-bond acceptors (Lipinski definition) is 4. The predicted octanol–water partition coefficient (Wildman–Crippen LogP) is 2.80. The zero-order valence-corrected chi connectivity index (χ0v) is 14.7. The molecule has 0 aliphatic carbocycles. The third kappa shape index (κ3) is 2.91. The fraction of sp³-hybridized carbons (Fsp3) is 0.200. The molecule has 2 heterocycles. The molecule has 2 aromatic carbocycles. The quantitative estimate of drug-likeness (QED) is 0.750. The molecule has 1 saturated heterocycles. The molecule has 1 N–H and O–H groups in total. The normalized spacial score (nSPS) is 14.4. The minimum absolute atomic E-state index is 0.163. The van der Waals surface area contributed by atoms with Crippen LogP contribution >= 0.6 is 0 Å². The van der Waals surface area contributed by atoms with Crippen LogP contribution in [0.2, 0.25) is 0 Å². The summed E-state index contributed by atoms with van der Waals surface area (Å²) in [7, 11) is 0. The Morgan fingerprint density at radius 3 is 2.43 bits per heavy atom. The van der Waals surface area contributed by atoms with Crippen LogP contribution in [0, 0.1) is 11.6 Å². The van der Waals surface area contributed by atoms with Crippen molar-refractivity contribution in [3.05, 3.63) is 70.0 Å². The van der Waals surface area contributed by atoms with Gasteiger partial charge in [0, 0.05) is 25.0 Å². The number of benzene rings is 2. The van der Waals surface area contributed by atoms with Crippen LogP contribution in [-0.4, -0.2) is 41.9 Å². The number of pyridine rings is 1. The number of nitrogens with zero attached hydrogens (tertiary/aromatic N) is 2. The first kappa shape index (κ1) is 18.1. The minimum Gasteiger partial charge on any atom is -0.477 e. The molecule has 0 unspecified atom stereocenters. The topological polar surface area (TPSA) is 71.8 Å². The maximum atomic E-state index is 15.5. The van der Waals surface area contributed by atoms with Crippen molar-refractivity contribution >= 4 is 22.6 Å². The molecule has 4 rings (SSSR count). The van der Waals surface area contributed by atoms with Gasteiger partial charge in [-0.05, 0) is 18.2 Å². The Hall–Kier alpha value is -3.26. The van der Waals surface area contributed by atoms with Gasteiger partial charge in [-0.3, -0.25) is 4.79 Å². The number of anilines is 1. The number of para-hydroxylation sites is 1. The lowest BCUT2D eigenvalue weighted by molar-refractivity contribution is 0.0695. The van der Waals surface area contributed by atoms with E-state index in [1.54, 1.807) is 30.3 Å². The van der Waals surface area contributed by atoms with Gasteiger partial charge in [0.1, 0.15) is 17.1 Å². The Balaban J connectivity index is 2.09. The lowest BCUT2D eigenvalue weighted by atomic mass is 10.1. The molecule has 8 heteroatoms. The molecule has 0 spiro atoms. The molecular weight excluding hydrogens is 370 g/mol. The molecule has 1 fully saturated rings. The highest BCUT2D eigenvalue weighted by Gasteiger charge is 2.26. The summed E-state index contributed by atoms with van der Waals surface area (Å²) in [4.78, 5) is 25.6. The number of aromatic carboxylic acids is 1. The third-order valence-corrected chi connectivity index (χ3v) is 4.75. The van der Waals surface area contributed by atoms with Crippen LogP contribution < -0.4 is 10.3 Å². The van der Waals surface area contributed by atoms with Crippen molar-refractivity contribution < 1.29 is 23.4 Å². The van der Waals surface area contributed by atoms with Crippen molar-refractivity contribution in [2.24, 2.45) is 0 Å². The standard InChI is InChI=1S/C20H16F2N2O4/c21-15-10-13-17(16(22)18(15)23-6-8-28-9-7-23)24(12-4-2-1-3-5-12)11-14(19(13)25)20(26)27/h1-5,10-11H,6-9H2,(H,26,27). The van der Waals surface area contributed by atoms with Gasteiger partial charge in [-0.2, -0.15) is 0 Å². The smallest absolute Gasteiger partial charge is 0.341 e. The molecule has 0 amide bonds. The van der Waals surface area contributed by atoms with Crippen molar-refractivity contribution in [2.75, 3.05) is 31.2 Å². The Morgan fingerprint density at radius 1 is 1.11 bits per heavy atom. The molecule has 1 aliphatic rings. The number of rotatable bonds is 3. The number of hydrogen-bond donors (Lipinski definition) is 1. The summed E-state index contributed by atoms with van der Waals surface area (Å²) < 4.78 is 36.8. The van der Waals surface area contributed by atoms with Crippen LogP contribution in [0.3, 0.4) is 0 Å². The summed E-state index contributed by atoms with van der Waals surface area (Å²) in [5, 5.41) is 9.05. The largest absolute Gasteiger partial charge is 0.477 e. The maximum Gasteiger partial charge on any atom is 0.341 e. The van der Waals surface area contributed by atoms with Crippen LogP contribution in [-0.2, 0) is 4.74 Å². The monoisotopic (exact) mass is 386 g/mol. The van der Waals surface area contributed by atoms with Crippen molar-refractivity contribution in [1.82, 2.24) is 4.57 Å². The van der Waals surface area contributed by atoms with E-state index in [1.807, 2.05) is 0 Å². The average Bonchev–Trinajstić information content (AvgIpc) is 2.70. The van der Waals surface area contributed by atoms with E-state index in [0.29, 0.717) is 32.0 Å². The Kier molecular flexibility index (Phi) is 4.56. The number of carboxylic acid groups (broad SMARTS) is 1. The van der Waals surface area contributed by atoms with Gasteiger partial charge in [-0.25, -0.2) is 13.6 Å². The second kappa shape index (κ2) is 7.05. The zero-order valence-electron chi connectivity index (χ0n) is 14.7. The van der Waals surface area contributed by atoms with E-state index in [-0.39, 0.29) is 16.6 Å². The molecule has 28 heavy (non-hydrogen) atoms. The van der Waals surface area contributed by atoms with Crippen molar-refractivity contribution in [2.45, 2.75) is 0 Å². The van der Waals surface area contributed by atoms with E-state index in [4.69, 9.17) is 4.74 Å². The number of morpholine rings is 1. The number of fused-ring (bicyclic) bond motifs is 1. The summed E-state index contributed by atoms with van der Waals surface area (Å²) in [5.41, 5.74) is -1.45. The summed E-state index contributed by atoms with van der Waals surface area (Å²) in [5.74, 6) is -3.28. The van der Waals surface area contributed by atoms with E-state index in [0.717, 1.165) is 12.3 Å². The van der Waals surface area contributed by atoms with Gasteiger partial charge in [0.2, 0.25) is 5.43 Å². The van der Waals surface area contributed by atoms with E-state index in [9.17, 15) is 19.1 Å². The first-order valence-corrected chi connectivity index (χ1v) is 8.68. The highest BCUT2D eigenvalue weighted by molar-refractivity contribution is 5.94. The number of carbonyl (C=O) groups is 1. The second-order valence-electron chi connectivity index (χ2n) is 6.40. The SMILES string of the molecule is O=C(O)c1cn(-c2ccccc2)c2c(F)c(N3CCOCC3)c(F)cc2c1=O. The fourth-order valence-corrected chi connectivity index (χ4v) is 3.43. The Labute approximate surface area is 158 Å². The molecule has 1 aliphatic heterocycles. The van der Waals surface area contributed by atoms with E-state index in [1.165, 1.54) is 9.47 Å². The van der Waals surface area contributed by atoms with Gasteiger partial charge in [0.15, 0.2) is 5.82 Å². The van der Waals surface area contributed by atoms with Crippen molar-refractivity contribution in [3.63, 3.8) is 0 Å². The van der Waals surface area contributed by atoms with Gasteiger partial charge >= 0.3 is 5.97 Å². The van der Waals surface area contributed by atoms with Crippen LogP contribution in [0.5, 0.6) is 0 Å². The van der Waals surface area contributed by atoms with Crippen molar-refractivity contribution in [1.29, 1.82) is 0 Å². The first-order chi connectivity index (χ1) is 13.5. The maximum absolute atomic E-state index is 15.5. The number of halogens is 2. The molecule has 0 bridgehead atoms. The third-order valence-electron chi connectivity index (χ3n) is 4.75. The molecule has 144 valence electrons. The van der Waals surface area contributed by atoms with Crippen LogP contribution in [0.1, 0.15) is 10.4 Å². The lowest BCUT2D eigenvalue weighted by Gasteiger charge is -2.30. The number of ether oxygens (including phenoxy) is 1.